The van der Waals surface area contributed by atoms with Gasteiger partial charge in [-0.25, -0.2) is 4.79 Å². The van der Waals surface area contributed by atoms with Crippen LogP contribution in [0.2, 0.25) is 0 Å². The van der Waals surface area contributed by atoms with Crippen LogP contribution in [0.25, 0.3) is 0 Å². The molecule has 0 saturated carbocycles. The summed E-state index contributed by atoms with van der Waals surface area (Å²) in [6, 6.07) is 0. The van der Waals surface area contributed by atoms with Crippen molar-refractivity contribution in [2.75, 3.05) is 13.2 Å². The number of rotatable bonds is 3. The first-order valence-electron chi connectivity index (χ1n) is 4.14. The highest BCUT2D eigenvalue weighted by Crippen LogP contribution is 2.09. The number of epoxide rings is 1. The first kappa shape index (κ1) is 15.1. The fraction of sp³-hybridized carbons (Fsp3) is 0.364. The van der Waals surface area contributed by atoms with Crippen molar-refractivity contribution >= 4 is 5.97 Å². The topological polar surface area (TPSA) is 38.8 Å². The minimum Gasteiger partial charge on any atom is -0.459 e. The molecular formula is C11H18O3. The van der Waals surface area contributed by atoms with E-state index < -0.39 is 0 Å². The lowest BCUT2D eigenvalue weighted by Gasteiger charge is -1.99. The first-order chi connectivity index (χ1) is 6.70. The molecule has 0 aliphatic carbocycles. The summed E-state index contributed by atoms with van der Waals surface area (Å²) < 4.78 is 9.60. The molecule has 0 amide bonds. The van der Waals surface area contributed by atoms with Gasteiger partial charge in [-0.2, -0.15) is 0 Å². The van der Waals surface area contributed by atoms with Gasteiger partial charge in [0.1, 0.15) is 12.7 Å². The van der Waals surface area contributed by atoms with Gasteiger partial charge in [-0.05, 0) is 6.92 Å². The maximum Gasteiger partial charge on any atom is 0.333 e. The summed E-state index contributed by atoms with van der Waals surface area (Å²) >= 11 is 0. The fourth-order valence-electron chi connectivity index (χ4n) is 0.456. The molecule has 0 bridgehead atoms. The van der Waals surface area contributed by atoms with Crippen LogP contribution in [0.15, 0.2) is 38.5 Å². The van der Waals surface area contributed by atoms with E-state index in [2.05, 4.69) is 32.9 Å². The molecule has 0 spiro atoms. The van der Waals surface area contributed by atoms with Gasteiger partial charge in [0.25, 0.3) is 0 Å². The molecule has 80 valence electrons. The molecule has 0 radical (unpaired) electrons. The van der Waals surface area contributed by atoms with Gasteiger partial charge in [-0.1, -0.05) is 6.58 Å². The Morgan fingerprint density at radius 3 is 2.14 bits per heavy atom. The van der Waals surface area contributed by atoms with Crippen molar-refractivity contribution in [2.45, 2.75) is 13.0 Å². The van der Waals surface area contributed by atoms with E-state index in [1.165, 1.54) is 0 Å². The van der Waals surface area contributed by atoms with Crippen LogP contribution in [-0.4, -0.2) is 25.3 Å². The first-order valence-corrected chi connectivity index (χ1v) is 4.14. The molecule has 0 aromatic rings. The van der Waals surface area contributed by atoms with Crippen LogP contribution in [0.4, 0.5) is 0 Å². The van der Waals surface area contributed by atoms with E-state index >= 15 is 0 Å². The van der Waals surface area contributed by atoms with Crippen molar-refractivity contribution in [3.8, 4) is 0 Å². The van der Waals surface area contributed by atoms with Crippen molar-refractivity contribution in [2.24, 2.45) is 0 Å². The molecule has 3 heteroatoms. The average Bonchev–Trinajstić information content (AvgIpc) is 3.04. The SMILES string of the molecule is C=C.C=C.C=C(C)C(=O)OCC1CO1. The van der Waals surface area contributed by atoms with Gasteiger partial charge in [0.05, 0.1) is 6.61 Å². The second kappa shape index (κ2) is 9.74. The zero-order valence-corrected chi connectivity index (χ0v) is 8.75. The van der Waals surface area contributed by atoms with Crippen LogP contribution in [0.1, 0.15) is 6.92 Å². The Labute approximate surface area is 85.7 Å². The standard InChI is InChI=1S/C7H10O3.2C2H4/c1-5(2)7(8)10-4-6-3-9-6;2*1-2/h6H,1,3-4H2,2H3;2*1-2H2. The maximum atomic E-state index is 10.7. The molecule has 0 aromatic carbocycles. The van der Waals surface area contributed by atoms with Gasteiger partial charge >= 0.3 is 5.97 Å². The van der Waals surface area contributed by atoms with Crippen LogP contribution < -0.4 is 0 Å². The minimum absolute atomic E-state index is 0.142. The number of carbonyl (C=O) groups is 1. The van der Waals surface area contributed by atoms with Crippen molar-refractivity contribution in [3.05, 3.63) is 38.5 Å². The Hall–Kier alpha value is -1.35. The number of hydrogen-bond donors (Lipinski definition) is 0. The molecule has 1 aliphatic rings. The van der Waals surface area contributed by atoms with Gasteiger partial charge in [0.2, 0.25) is 0 Å². The minimum atomic E-state index is -0.337. The van der Waals surface area contributed by atoms with Crippen LogP contribution in [0.3, 0.4) is 0 Å². The Balaban J connectivity index is 0. The van der Waals surface area contributed by atoms with Crippen molar-refractivity contribution < 1.29 is 14.3 Å². The Morgan fingerprint density at radius 2 is 1.86 bits per heavy atom. The summed E-state index contributed by atoms with van der Waals surface area (Å²) in [5.74, 6) is -0.337. The lowest BCUT2D eigenvalue weighted by Crippen LogP contribution is -2.09. The summed E-state index contributed by atoms with van der Waals surface area (Å²) in [7, 11) is 0. The van der Waals surface area contributed by atoms with Crippen molar-refractivity contribution in [3.63, 3.8) is 0 Å². The average molecular weight is 198 g/mol. The summed E-state index contributed by atoms with van der Waals surface area (Å²) in [6.07, 6.45) is 0.142. The molecular weight excluding hydrogens is 180 g/mol. The van der Waals surface area contributed by atoms with E-state index in [1.807, 2.05) is 0 Å². The molecule has 0 N–H and O–H groups in total. The summed E-state index contributed by atoms with van der Waals surface area (Å²) in [5, 5.41) is 0. The number of esters is 1. The van der Waals surface area contributed by atoms with Gasteiger partial charge in [0, 0.05) is 5.57 Å². The normalized spacial score (nSPS) is 16.2. The highest BCUT2D eigenvalue weighted by molar-refractivity contribution is 5.86. The second-order valence-corrected chi connectivity index (χ2v) is 2.33. The number of hydrogen-bond acceptors (Lipinski definition) is 3. The Morgan fingerprint density at radius 1 is 1.43 bits per heavy atom. The fourth-order valence-corrected chi connectivity index (χ4v) is 0.456. The van der Waals surface area contributed by atoms with Crippen LogP contribution in [-0.2, 0) is 14.3 Å². The lowest BCUT2D eigenvalue weighted by molar-refractivity contribution is -0.139. The van der Waals surface area contributed by atoms with Crippen LogP contribution in [0, 0.1) is 0 Å². The smallest absolute Gasteiger partial charge is 0.333 e. The molecule has 1 atom stereocenters. The van der Waals surface area contributed by atoms with E-state index in [4.69, 9.17) is 9.47 Å². The lowest BCUT2D eigenvalue weighted by atomic mass is 10.4. The van der Waals surface area contributed by atoms with E-state index in [-0.39, 0.29) is 12.1 Å². The Kier molecular flexibility index (Phi) is 10.5. The molecule has 1 unspecified atom stereocenters. The number of ether oxygens (including phenoxy) is 2. The zero-order valence-electron chi connectivity index (χ0n) is 8.75. The van der Waals surface area contributed by atoms with Crippen LogP contribution >= 0.6 is 0 Å². The van der Waals surface area contributed by atoms with E-state index in [1.54, 1.807) is 6.92 Å². The van der Waals surface area contributed by atoms with E-state index in [0.717, 1.165) is 0 Å². The third kappa shape index (κ3) is 8.74. The van der Waals surface area contributed by atoms with Crippen LogP contribution in [0.5, 0.6) is 0 Å². The molecule has 1 heterocycles. The largest absolute Gasteiger partial charge is 0.459 e. The van der Waals surface area contributed by atoms with Gasteiger partial charge < -0.3 is 9.47 Å². The highest BCUT2D eigenvalue weighted by atomic mass is 16.6. The molecule has 1 rings (SSSR count). The molecule has 0 aromatic heterocycles. The predicted octanol–water partition coefficient (Wildman–Crippen LogP) is 2.11. The van der Waals surface area contributed by atoms with Gasteiger partial charge in [-0.3, -0.25) is 0 Å². The van der Waals surface area contributed by atoms with Gasteiger partial charge in [-0.15, -0.1) is 26.3 Å². The summed E-state index contributed by atoms with van der Waals surface area (Å²) in [5.41, 5.74) is 0.431. The van der Waals surface area contributed by atoms with Crippen molar-refractivity contribution in [1.29, 1.82) is 0 Å². The van der Waals surface area contributed by atoms with Gasteiger partial charge in [0.15, 0.2) is 0 Å². The van der Waals surface area contributed by atoms with E-state index in [9.17, 15) is 4.79 Å². The van der Waals surface area contributed by atoms with E-state index in [0.29, 0.717) is 18.8 Å². The maximum absolute atomic E-state index is 10.7. The quantitative estimate of drug-likeness (QED) is 0.302. The second-order valence-electron chi connectivity index (χ2n) is 2.33. The predicted molar refractivity (Wildman–Crippen MR) is 58.0 cm³/mol. The third-order valence-electron chi connectivity index (χ3n) is 1.15. The molecule has 1 aliphatic heterocycles. The Bertz CT molecular complexity index is 181. The monoisotopic (exact) mass is 198 g/mol. The summed E-state index contributed by atoms with van der Waals surface area (Å²) in [6.45, 7) is 18.1. The van der Waals surface area contributed by atoms with Crippen molar-refractivity contribution in [1.82, 2.24) is 0 Å². The zero-order chi connectivity index (χ0) is 11.6. The molecule has 1 fully saturated rings. The molecule has 14 heavy (non-hydrogen) atoms. The third-order valence-corrected chi connectivity index (χ3v) is 1.15. The number of carbonyl (C=O) groups excluding carboxylic acids is 1. The summed E-state index contributed by atoms with van der Waals surface area (Å²) in [4.78, 5) is 10.7. The molecule has 3 nitrogen and oxygen atoms in total. The molecule has 1 saturated heterocycles. The highest BCUT2D eigenvalue weighted by Gasteiger charge is 2.24.